The third kappa shape index (κ3) is 10.3. The molecule has 0 saturated heterocycles. The van der Waals surface area contributed by atoms with Gasteiger partial charge in [0.1, 0.15) is 12.1 Å². The van der Waals surface area contributed by atoms with E-state index in [1.165, 1.54) is 45.7 Å². The summed E-state index contributed by atoms with van der Waals surface area (Å²) in [5.41, 5.74) is 3.82. The highest BCUT2D eigenvalue weighted by atomic mass is 32.2. The molecule has 3 aromatic carbocycles. The van der Waals surface area contributed by atoms with Crippen LogP contribution in [0, 0.1) is 0 Å². The summed E-state index contributed by atoms with van der Waals surface area (Å²) in [5, 5.41) is 10.2. The topological polar surface area (TPSA) is 93.1 Å². The van der Waals surface area contributed by atoms with Crippen LogP contribution in [0.2, 0.25) is 0 Å². The SMILES string of the molecule is CC(C)c1ccccc1SNCCNC(=O)NCCCCc1cccc(-c2ncn(-c3ccc(OC(F)(F)F)cc3)n2)c1. The molecule has 43 heavy (non-hydrogen) atoms. The van der Waals surface area contributed by atoms with E-state index in [0.29, 0.717) is 37.1 Å². The highest BCUT2D eigenvalue weighted by Crippen LogP contribution is 2.26. The van der Waals surface area contributed by atoms with E-state index < -0.39 is 6.36 Å². The lowest BCUT2D eigenvalue weighted by atomic mass is 10.0. The van der Waals surface area contributed by atoms with Gasteiger partial charge >= 0.3 is 12.4 Å². The Morgan fingerprint density at radius 1 is 0.953 bits per heavy atom. The molecule has 0 saturated carbocycles. The van der Waals surface area contributed by atoms with Crippen molar-refractivity contribution in [3.63, 3.8) is 0 Å². The lowest BCUT2D eigenvalue weighted by Gasteiger charge is -2.12. The number of carbonyl (C=O) groups is 1. The first-order valence-electron chi connectivity index (χ1n) is 14.1. The molecule has 0 aliphatic rings. The van der Waals surface area contributed by atoms with Gasteiger partial charge in [-0.25, -0.2) is 14.5 Å². The average molecular weight is 613 g/mol. The van der Waals surface area contributed by atoms with E-state index in [9.17, 15) is 18.0 Å². The van der Waals surface area contributed by atoms with Gasteiger partial charge in [0.05, 0.1) is 5.69 Å². The van der Waals surface area contributed by atoms with Crippen molar-refractivity contribution in [3.05, 3.63) is 90.3 Å². The molecular weight excluding hydrogens is 577 g/mol. The molecule has 0 aliphatic heterocycles. The summed E-state index contributed by atoms with van der Waals surface area (Å²) in [5.74, 6) is 0.659. The molecular formula is C31H35F3N6O2S. The Bertz CT molecular complexity index is 1460. The van der Waals surface area contributed by atoms with Crippen LogP contribution in [0.1, 0.15) is 43.7 Å². The number of halogens is 3. The quantitative estimate of drug-likeness (QED) is 0.106. The summed E-state index contributed by atoms with van der Waals surface area (Å²) < 4.78 is 45.9. The van der Waals surface area contributed by atoms with Crippen molar-refractivity contribution >= 4 is 18.0 Å². The van der Waals surface area contributed by atoms with Crippen molar-refractivity contribution < 1.29 is 22.7 Å². The number of benzene rings is 3. The van der Waals surface area contributed by atoms with Crippen molar-refractivity contribution in [1.82, 2.24) is 30.1 Å². The van der Waals surface area contributed by atoms with Gasteiger partial charge in [0, 0.05) is 30.1 Å². The minimum Gasteiger partial charge on any atom is -0.406 e. The van der Waals surface area contributed by atoms with E-state index >= 15 is 0 Å². The summed E-state index contributed by atoms with van der Waals surface area (Å²) in [7, 11) is 0. The van der Waals surface area contributed by atoms with Crippen LogP contribution in [0.15, 0.2) is 84.0 Å². The zero-order chi connectivity index (χ0) is 30.7. The molecule has 0 atom stereocenters. The number of carbonyl (C=O) groups excluding carboxylic acids is 1. The van der Waals surface area contributed by atoms with E-state index in [2.05, 4.69) is 56.2 Å². The van der Waals surface area contributed by atoms with Crippen LogP contribution in [-0.2, 0) is 6.42 Å². The Balaban J connectivity index is 1.14. The van der Waals surface area contributed by atoms with Crippen LogP contribution in [-0.4, -0.2) is 46.8 Å². The molecule has 0 unspecified atom stereocenters. The second-order valence-corrected chi connectivity index (χ2v) is 11.0. The van der Waals surface area contributed by atoms with Crippen LogP contribution in [0.25, 0.3) is 17.1 Å². The molecule has 8 nitrogen and oxygen atoms in total. The van der Waals surface area contributed by atoms with Gasteiger partial charge in [0.2, 0.25) is 0 Å². The van der Waals surface area contributed by atoms with Crippen LogP contribution in [0.4, 0.5) is 18.0 Å². The van der Waals surface area contributed by atoms with Crippen molar-refractivity contribution in [2.45, 2.75) is 50.3 Å². The third-order valence-corrected chi connectivity index (χ3v) is 7.37. The summed E-state index contributed by atoms with van der Waals surface area (Å²) in [6.07, 6.45) is -0.669. The molecule has 0 fully saturated rings. The first kappa shape index (κ1) is 31.9. The minimum absolute atomic E-state index is 0.180. The largest absolute Gasteiger partial charge is 0.573 e. The second kappa shape index (κ2) is 15.4. The maximum Gasteiger partial charge on any atom is 0.573 e. The van der Waals surface area contributed by atoms with E-state index in [1.807, 2.05) is 36.4 Å². The first-order valence-corrected chi connectivity index (χ1v) is 14.9. The number of aryl methyl sites for hydroxylation is 1. The first-order chi connectivity index (χ1) is 20.7. The maximum atomic E-state index is 12.4. The molecule has 1 aromatic heterocycles. The highest BCUT2D eigenvalue weighted by molar-refractivity contribution is 7.97. The van der Waals surface area contributed by atoms with Gasteiger partial charge in [0.15, 0.2) is 5.82 Å². The van der Waals surface area contributed by atoms with Crippen molar-refractivity contribution in [3.8, 4) is 22.8 Å². The predicted octanol–water partition coefficient (Wildman–Crippen LogP) is 6.88. The normalized spacial score (nSPS) is 11.5. The zero-order valence-corrected chi connectivity index (χ0v) is 24.8. The molecule has 1 heterocycles. The Morgan fingerprint density at radius 3 is 2.49 bits per heavy atom. The van der Waals surface area contributed by atoms with Crippen LogP contribution < -0.4 is 20.1 Å². The summed E-state index contributed by atoms with van der Waals surface area (Å²) in [6, 6.07) is 21.5. The summed E-state index contributed by atoms with van der Waals surface area (Å²) >= 11 is 1.58. The number of amides is 2. The fourth-order valence-electron chi connectivity index (χ4n) is 4.31. The van der Waals surface area contributed by atoms with E-state index in [-0.39, 0.29) is 11.8 Å². The van der Waals surface area contributed by atoms with Crippen LogP contribution in [0.3, 0.4) is 0 Å². The Labute approximate surface area is 253 Å². The number of hydrogen-bond donors (Lipinski definition) is 3. The van der Waals surface area contributed by atoms with Gasteiger partial charge in [-0.15, -0.1) is 18.3 Å². The maximum absolute atomic E-state index is 12.4. The molecule has 0 bridgehead atoms. The number of nitrogens with one attached hydrogen (secondary N) is 3. The molecule has 228 valence electrons. The Morgan fingerprint density at radius 2 is 1.72 bits per heavy atom. The zero-order valence-electron chi connectivity index (χ0n) is 24.0. The summed E-state index contributed by atoms with van der Waals surface area (Å²) in [4.78, 5) is 17.7. The standard InChI is InChI=1S/C31H35F3N6O2S/c1-22(2)27-11-3-4-12-28(27)43-38-19-18-36-30(41)35-17-6-5-8-23-9-7-10-24(20-23)29-37-21-40(39-29)25-13-15-26(16-14-25)42-31(32,33)34/h3-4,7,9-16,20-22,38H,5-6,8,17-19H2,1-2H3,(H2,35,36,41). The Hall–Kier alpha value is -4.03. The monoisotopic (exact) mass is 612 g/mol. The molecule has 2 amide bonds. The van der Waals surface area contributed by atoms with E-state index in [0.717, 1.165) is 30.4 Å². The van der Waals surface area contributed by atoms with Gasteiger partial charge in [-0.2, -0.15) is 0 Å². The lowest BCUT2D eigenvalue weighted by Crippen LogP contribution is -2.38. The van der Waals surface area contributed by atoms with E-state index in [4.69, 9.17) is 0 Å². The van der Waals surface area contributed by atoms with Gasteiger partial charge < -0.3 is 15.4 Å². The summed E-state index contributed by atoms with van der Waals surface area (Å²) in [6.45, 7) is 6.10. The van der Waals surface area contributed by atoms with Gasteiger partial charge in [0.25, 0.3) is 0 Å². The number of ether oxygens (including phenoxy) is 1. The molecule has 3 N–H and O–H groups in total. The van der Waals surface area contributed by atoms with Gasteiger partial charge in [-0.3, -0.25) is 4.72 Å². The number of unbranched alkanes of at least 4 members (excludes halogenated alkanes) is 1. The fourth-order valence-corrected chi connectivity index (χ4v) is 5.24. The second-order valence-electron chi connectivity index (χ2n) is 10.1. The lowest BCUT2D eigenvalue weighted by molar-refractivity contribution is -0.274. The molecule has 0 aliphatic carbocycles. The number of rotatable bonds is 14. The number of alkyl halides is 3. The highest BCUT2D eigenvalue weighted by Gasteiger charge is 2.31. The van der Waals surface area contributed by atoms with Crippen LogP contribution >= 0.6 is 11.9 Å². The molecule has 12 heteroatoms. The van der Waals surface area contributed by atoms with Crippen molar-refractivity contribution in [1.29, 1.82) is 0 Å². The minimum atomic E-state index is -4.74. The molecule has 0 spiro atoms. The Kier molecular flexibility index (Phi) is 11.5. The molecule has 0 radical (unpaired) electrons. The fraction of sp³-hybridized carbons (Fsp3) is 0.323. The smallest absolute Gasteiger partial charge is 0.406 e. The number of nitrogens with zero attached hydrogens (tertiary/aromatic N) is 3. The van der Waals surface area contributed by atoms with Crippen molar-refractivity contribution in [2.75, 3.05) is 19.6 Å². The number of hydrogen-bond acceptors (Lipinski definition) is 6. The number of urea groups is 1. The average Bonchev–Trinajstić information content (AvgIpc) is 3.47. The van der Waals surface area contributed by atoms with E-state index in [1.54, 1.807) is 11.9 Å². The van der Waals surface area contributed by atoms with Gasteiger partial charge in [-0.1, -0.05) is 50.2 Å². The molecule has 4 rings (SSSR count). The van der Waals surface area contributed by atoms with Gasteiger partial charge in [-0.05, 0) is 84.7 Å². The van der Waals surface area contributed by atoms with Crippen molar-refractivity contribution in [2.24, 2.45) is 0 Å². The predicted molar refractivity (Wildman–Crippen MR) is 162 cm³/mol. The van der Waals surface area contributed by atoms with Crippen LogP contribution in [0.5, 0.6) is 5.75 Å². The molecule has 4 aromatic rings. The third-order valence-electron chi connectivity index (χ3n) is 6.43. The number of aromatic nitrogens is 3.